The van der Waals surface area contributed by atoms with Gasteiger partial charge in [-0.3, -0.25) is 4.79 Å². The second kappa shape index (κ2) is 9.31. The Morgan fingerprint density at radius 2 is 1.79 bits per heavy atom. The van der Waals surface area contributed by atoms with Crippen molar-refractivity contribution in [1.82, 2.24) is 0 Å². The molecule has 1 aromatic carbocycles. The highest BCUT2D eigenvalue weighted by Gasteiger charge is 2.45. The molecule has 0 aliphatic heterocycles. The Kier molecular flexibility index (Phi) is 7.52. The van der Waals surface area contributed by atoms with Gasteiger partial charge in [0.05, 0.1) is 25.2 Å². The van der Waals surface area contributed by atoms with E-state index in [9.17, 15) is 14.7 Å². The average molecular weight is 426 g/mol. The van der Waals surface area contributed by atoms with Crippen LogP contribution >= 0.6 is 9.24 Å². The number of aromatic carboxylic acids is 1. The van der Waals surface area contributed by atoms with Gasteiger partial charge in [0.1, 0.15) is 22.7 Å². The quantitative estimate of drug-likeness (QED) is 0.529. The number of hydrogen-bond acceptors (Lipinski definition) is 6. The summed E-state index contributed by atoms with van der Waals surface area (Å²) in [5, 5.41) is 10.1. The van der Waals surface area contributed by atoms with Crippen molar-refractivity contribution in [3.63, 3.8) is 0 Å². The zero-order valence-corrected chi connectivity index (χ0v) is 18.9. The molecule has 1 unspecified atom stereocenters. The molecule has 2 rings (SSSR count). The SMILES string of the molecule is COCC1(C(=O)OC(C)(C)C)CCC(Oc2cc(C(=O)O)c(OC)cc2P)CC1. The van der Waals surface area contributed by atoms with Crippen molar-refractivity contribution in [3.8, 4) is 11.5 Å². The molecule has 1 N–H and O–H groups in total. The van der Waals surface area contributed by atoms with Crippen molar-refractivity contribution < 1.29 is 33.6 Å². The lowest BCUT2D eigenvalue weighted by Gasteiger charge is -2.39. The highest BCUT2D eigenvalue weighted by molar-refractivity contribution is 7.27. The van der Waals surface area contributed by atoms with Crippen molar-refractivity contribution in [1.29, 1.82) is 0 Å². The molecular formula is C21H31O7P. The van der Waals surface area contributed by atoms with Crippen LogP contribution in [-0.2, 0) is 14.3 Å². The van der Waals surface area contributed by atoms with Gasteiger partial charge in [-0.1, -0.05) is 0 Å². The van der Waals surface area contributed by atoms with Crippen LogP contribution in [0.15, 0.2) is 12.1 Å². The Morgan fingerprint density at radius 3 is 2.28 bits per heavy atom. The molecule has 0 saturated heterocycles. The zero-order valence-electron chi connectivity index (χ0n) is 17.7. The standard InChI is InChI=1S/C21H31O7P/c1-20(2,3)28-19(24)21(12-25-4)8-6-13(7-9-21)27-16-10-14(18(22)23)15(26-5)11-17(16)29/h10-11,13H,6-9,12,29H2,1-5H3,(H,22,23). The molecule has 29 heavy (non-hydrogen) atoms. The third kappa shape index (κ3) is 5.83. The normalized spacial score (nSPS) is 22.1. The molecule has 0 spiro atoms. The molecule has 1 aliphatic rings. The van der Waals surface area contributed by atoms with Crippen LogP contribution in [-0.4, -0.2) is 49.6 Å². The number of carbonyl (C=O) groups excluding carboxylic acids is 1. The Hall–Kier alpha value is -1.85. The second-order valence-corrected chi connectivity index (χ2v) is 9.05. The molecule has 1 atom stereocenters. The van der Waals surface area contributed by atoms with Crippen LogP contribution in [0.2, 0.25) is 0 Å². The first kappa shape index (κ1) is 23.4. The van der Waals surface area contributed by atoms with E-state index in [4.69, 9.17) is 18.9 Å². The molecule has 1 aliphatic carbocycles. The molecule has 1 saturated carbocycles. The van der Waals surface area contributed by atoms with Gasteiger partial charge < -0.3 is 24.1 Å². The summed E-state index contributed by atoms with van der Waals surface area (Å²) in [6.45, 7) is 5.86. The summed E-state index contributed by atoms with van der Waals surface area (Å²) in [6, 6.07) is 3.11. The van der Waals surface area contributed by atoms with E-state index in [1.807, 2.05) is 20.8 Å². The third-order valence-electron chi connectivity index (χ3n) is 5.00. The van der Waals surface area contributed by atoms with Crippen LogP contribution in [0.5, 0.6) is 11.5 Å². The molecule has 0 aromatic heterocycles. The predicted octanol–water partition coefficient (Wildman–Crippen LogP) is 3.19. The summed E-state index contributed by atoms with van der Waals surface area (Å²) in [6.07, 6.45) is 2.31. The van der Waals surface area contributed by atoms with Gasteiger partial charge in [0.25, 0.3) is 0 Å². The van der Waals surface area contributed by atoms with Crippen molar-refractivity contribution in [2.75, 3.05) is 20.8 Å². The summed E-state index contributed by atoms with van der Waals surface area (Å²) >= 11 is 0. The van der Waals surface area contributed by atoms with Crippen LogP contribution in [0.3, 0.4) is 0 Å². The first-order valence-electron chi connectivity index (χ1n) is 9.61. The second-order valence-electron chi connectivity index (χ2n) is 8.43. The molecule has 0 radical (unpaired) electrons. The molecule has 1 aromatic rings. The number of carboxylic acid groups (broad SMARTS) is 1. The van der Waals surface area contributed by atoms with Crippen LogP contribution in [0.1, 0.15) is 56.8 Å². The minimum atomic E-state index is -1.08. The fourth-order valence-electron chi connectivity index (χ4n) is 3.53. The maximum absolute atomic E-state index is 12.8. The average Bonchev–Trinajstić information content (AvgIpc) is 2.63. The number of hydrogen-bond donors (Lipinski definition) is 1. The molecule has 0 bridgehead atoms. The summed E-state index contributed by atoms with van der Waals surface area (Å²) in [4.78, 5) is 24.3. The molecule has 7 nitrogen and oxygen atoms in total. The van der Waals surface area contributed by atoms with Crippen LogP contribution in [0, 0.1) is 5.41 Å². The van der Waals surface area contributed by atoms with Crippen LogP contribution < -0.4 is 14.8 Å². The topological polar surface area (TPSA) is 91.3 Å². The van der Waals surface area contributed by atoms with E-state index in [0.717, 1.165) is 0 Å². The fraction of sp³-hybridized carbons (Fsp3) is 0.619. The molecule has 0 heterocycles. The number of carbonyl (C=O) groups is 2. The number of rotatable bonds is 7. The number of methoxy groups -OCH3 is 2. The van der Waals surface area contributed by atoms with Crippen molar-refractivity contribution in [3.05, 3.63) is 17.7 Å². The lowest BCUT2D eigenvalue weighted by molar-refractivity contribution is -0.174. The van der Waals surface area contributed by atoms with Crippen molar-refractivity contribution in [2.45, 2.75) is 58.2 Å². The minimum absolute atomic E-state index is 0.0481. The highest BCUT2D eigenvalue weighted by atomic mass is 31.0. The van der Waals surface area contributed by atoms with E-state index in [1.165, 1.54) is 13.2 Å². The molecular weight excluding hydrogens is 395 g/mol. The highest BCUT2D eigenvalue weighted by Crippen LogP contribution is 2.40. The Morgan fingerprint density at radius 1 is 1.17 bits per heavy atom. The molecule has 1 fully saturated rings. The first-order chi connectivity index (χ1) is 13.5. The van der Waals surface area contributed by atoms with E-state index in [1.54, 1.807) is 13.2 Å². The first-order valence-corrected chi connectivity index (χ1v) is 10.2. The number of esters is 1. The Balaban J connectivity index is 2.13. The van der Waals surface area contributed by atoms with Crippen LogP contribution in [0.4, 0.5) is 0 Å². The van der Waals surface area contributed by atoms with E-state index in [0.29, 0.717) is 43.3 Å². The Labute approximate surface area is 174 Å². The lowest BCUT2D eigenvalue weighted by Crippen LogP contribution is -2.45. The third-order valence-corrected chi connectivity index (χ3v) is 5.45. The van der Waals surface area contributed by atoms with Gasteiger partial charge in [0.2, 0.25) is 0 Å². The molecule has 162 valence electrons. The van der Waals surface area contributed by atoms with E-state index < -0.39 is 17.0 Å². The Bertz CT molecular complexity index is 746. The number of benzene rings is 1. The maximum atomic E-state index is 12.8. The number of ether oxygens (including phenoxy) is 4. The summed E-state index contributed by atoms with van der Waals surface area (Å²) in [5.74, 6) is -0.559. The summed E-state index contributed by atoms with van der Waals surface area (Å²) in [7, 11) is 5.56. The van der Waals surface area contributed by atoms with Gasteiger partial charge in [0.15, 0.2) is 0 Å². The lowest BCUT2D eigenvalue weighted by atomic mass is 9.73. The predicted molar refractivity (Wildman–Crippen MR) is 112 cm³/mol. The van der Waals surface area contributed by atoms with Gasteiger partial charge in [-0.25, -0.2) is 4.79 Å². The fourth-order valence-corrected chi connectivity index (χ4v) is 3.83. The van der Waals surface area contributed by atoms with Gasteiger partial charge >= 0.3 is 11.9 Å². The van der Waals surface area contributed by atoms with Gasteiger partial charge in [0, 0.05) is 12.4 Å². The van der Waals surface area contributed by atoms with Gasteiger partial charge in [-0.05, 0) is 58.6 Å². The number of carboxylic acids is 1. The largest absolute Gasteiger partial charge is 0.496 e. The summed E-state index contributed by atoms with van der Waals surface area (Å²) in [5.41, 5.74) is -1.19. The maximum Gasteiger partial charge on any atom is 0.339 e. The van der Waals surface area contributed by atoms with Crippen molar-refractivity contribution >= 4 is 26.5 Å². The zero-order chi connectivity index (χ0) is 21.8. The van der Waals surface area contributed by atoms with Crippen LogP contribution in [0.25, 0.3) is 0 Å². The van der Waals surface area contributed by atoms with Crippen molar-refractivity contribution in [2.24, 2.45) is 5.41 Å². The molecule has 0 amide bonds. The van der Waals surface area contributed by atoms with E-state index in [2.05, 4.69) is 9.24 Å². The van der Waals surface area contributed by atoms with Gasteiger partial charge in [-0.2, -0.15) is 0 Å². The smallest absolute Gasteiger partial charge is 0.339 e. The van der Waals surface area contributed by atoms with Gasteiger partial charge in [-0.15, -0.1) is 9.24 Å². The monoisotopic (exact) mass is 426 g/mol. The summed E-state index contributed by atoms with van der Waals surface area (Å²) < 4.78 is 22.2. The minimum Gasteiger partial charge on any atom is -0.496 e. The van der Waals surface area contributed by atoms with E-state index in [-0.39, 0.29) is 23.4 Å². The van der Waals surface area contributed by atoms with E-state index >= 15 is 0 Å². The molecule has 8 heteroatoms.